The molecular formula is C35H46N6O5. The zero-order chi connectivity index (χ0) is 32.2. The first-order chi connectivity index (χ1) is 22.3. The van der Waals surface area contributed by atoms with E-state index >= 15 is 0 Å². The average Bonchev–Trinajstić information content (AvgIpc) is 3.48. The Labute approximate surface area is 270 Å². The van der Waals surface area contributed by atoms with Crippen LogP contribution in [0.1, 0.15) is 48.4 Å². The molecule has 0 bridgehead atoms. The molecule has 1 amide bonds. The van der Waals surface area contributed by atoms with Crippen molar-refractivity contribution in [3.05, 3.63) is 82.1 Å². The van der Waals surface area contributed by atoms with Crippen molar-refractivity contribution in [3.63, 3.8) is 0 Å². The zero-order valence-electron chi connectivity index (χ0n) is 27.0. The van der Waals surface area contributed by atoms with Crippen LogP contribution in [0.15, 0.2) is 59.7 Å². The Balaban J connectivity index is 1.11. The molecule has 11 nitrogen and oxygen atoms in total. The van der Waals surface area contributed by atoms with Gasteiger partial charge in [0.1, 0.15) is 5.75 Å². The van der Waals surface area contributed by atoms with Gasteiger partial charge in [-0.25, -0.2) is 9.48 Å². The Morgan fingerprint density at radius 1 is 0.978 bits per heavy atom. The molecule has 11 heteroatoms. The molecule has 3 saturated heterocycles. The summed E-state index contributed by atoms with van der Waals surface area (Å²) in [6, 6.07) is 14.0. The molecule has 3 fully saturated rings. The van der Waals surface area contributed by atoms with Crippen LogP contribution in [-0.4, -0.2) is 105 Å². The number of rotatable bonds is 9. The minimum absolute atomic E-state index is 0.0393. The van der Waals surface area contributed by atoms with E-state index in [-0.39, 0.29) is 23.4 Å². The van der Waals surface area contributed by atoms with E-state index in [0.717, 1.165) is 61.4 Å². The van der Waals surface area contributed by atoms with Crippen LogP contribution in [0, 0.1) is 13.8 Å². The molecule has 2 N–H and O–H groups in total. The number of aryl methyl sites for hydroxylation is 2. The number of H-pyrrole nitrogens is 1. The predicted octanol–water partition coefficient (Wildman–Crippen LogP) is 3.62. The van der Waals surface area contributed by atoms with E-state index < -0.39 is 6.10 Å². The van der Waals surface area contributed by atoms with Crippen LogP contribution < -0.4 is 5.69 Å². The first-order valence-corrected chi connectivity index (χ1v) is 16.5. The fourth-order valence-electron chi connectivity index (χ4n) is 7.03. The molecule has 2 aromatic carbocycles. The number of nitrogens with one attached hydrogen (secondary N) is 1. The van der Waals surface area contributed by atoms with Gasteiger partial charge in [0, 0.05) is 70.5 Å². The summed E-state index contributed by atoms with van der Waals surface area (Å²) < 4.78 is 13.6. The fraction of sp³-hybridized carbons (Fsp3) is 0.514. The summed E-state index contributed by atoms with van der Waals surface area (Å²) in [4.78, 5) is 36.2. The number of hydrogen-bond donors (Lipinski definition) is 2. The molecule has 6 rings (SSSR count). The molecular weight excluding hydrogens is 584 g/mol. The van der Waals surface area contributed by atoms with Crippen molar-refractivity contribution in [2.75, 3.05) is 52.5 Å². The molecule has 3 aliphatic rings. The number of phenolic OH excluding ortho intramolecular Hbond substituents is 1. The third-order valence-electron chi connectivity index (χ3n) is 9.71. The molecule has 3 aromatic rings. The van der Waals surface area contributed by atoms with Crippen molar-refractivity contribution in [1.29, 1.82) is 0 Å². The summed E-state index contributed by atoms with van der Waals surface area (Å²) in [7, 11) is 0. The molecule has 4 heterocycles. The van der Waals surface area contributed by atoms with E-state index in [1.165, 1.54) is 0 Å². The predicted molar refractivity (Wildman–Crippen MR) is 175 cm³/mol. The molecule has 0 aliphatic carbocycles. The number of hydrogen-bond acceptors (Lipinski definition) is 8. The highest BCUT2D eigenvalue weighted by Gasteiger charge is 2.33. The normalized spacial score (nSPS) is 19.3. The second-order valence-electron chi connectivity index (χ2n) is 12.8. The highest BCUT2D eigenvalue weighted by molar-refractivity contribution is 5.81. The lowest BCUT2D eigenvalue weighted by Crippen LogP contribution is -2.55. The third kappa shape index (κ3) is 7.15. The van der Waals surface area contributed by atoms with Crippen molar-refractivity contribution in [1.82, 2.24) is 29.5 Å². The highest BCUT2D eigenvalue weighted by atomic mass is 16.5. The van der Waals surface area contributed by atoms with Gasteiger partial charge in [0.05, 0.1) is 6.04 Å². The van der Waals surface area contributed by atoms with E-state index in [2.05, 4.69) is 26.5 Å². The number of nitrogens with zero attached hydrogens (tertiary/aromatic N) is 5. The Kier molecular flexibility index (Phi) is 9.79. The quantitative estimate of drug-likeness (QED) is 0.345. The monoisotopic (exact) mass is 630 g/mol. The molecule has 1 atom stereocenters. The summed E-state index contributed by atoms with van der Waals surface area (Å²) in [5.41, 5.74) is 3.14. The Morgan fingerprint density at radius 3 is 2.28 bits per heavy atom. The number of benzene rings is 2. The van der Waals surface area contributed by atoms with Crippen LogP contribution in [0.4, 0.5) is 0 Å². The van der Waals surface area contributed by atoms with Gasteiger partial charge in [-0.2, -0.15) is 0 Å². The van der Waals surface area contributed by atoms with E-state index in [1.54, 1.807) is 4.68 Å². The third-order valence-corrected chi connectivity index (χ3v) is 9.71. The Hall–Kier alpha value is -4.09. The van der Waals surface area contributed by atoms with Crippen molar-refractivity contribution < 1.29 is 19.4 Å². The van der Waals surface area contributed by atoms with E-state index in [4.69, 9.17) is 9.47 Å². The summed E-state index contributed by atoms with van der Waals surface area (Å²) >= 11 is 0. The van der Waals surface area contributed by atoms with Crippen LogP contribution in [0.25, 0.3) is 11.4 Å². The Bertz CT molecular complexity index is 1540. The number of phenols is 1. The topological polar surface area (TPSA) is 116 Å². The number of piperidine rings is 1. The number of carbonyl (C=O) groups excluding carboxylic acids is 1. The summed E-state index contributed by atoms with van der Waals surface area (Å²) in [5.74, 6) is 1.26. The number of piperazine rings is 1. The van der Waals surface area contributed by atoms with Gasteiger partial charge in [-0.1, -0.05) is 42.5 Å². The summed E-state index contributed by atoms with van der Waals surface area (Å²) in [6.45, 7) is 13.9. The number of aromatic amines is 1. The molecule has 1 aromatic heterocycles. The van der Waals surface area contributed by atoms with Crippen molar-refractivity contribution in [3.8, 4) is 17.1 Å². The Morgan fingerprint density at radius 2 is 1.63 bits per heavy atom. The fourth-order valence-corrected chi connectivity index (χ4v) is 7.03. The molecule has 246 valence electrons. The van der Waals surface area contributed by atoms with Crippen LogP contribution in [-0.2, 0) is 20.7 Å². The van der Waals surface area contributed by atoms with Crippen molar-refractivity contribution in [2.24, 2.45) is 0 Å². The van der Waals surface area contributed by atoms with Gasteiger partial charge in [0.15, 0.2) is 17.8 Å². The van der Waals surface area contributed by atoms with Crippen LogP contribution >= 0.6 is 0 Å². The average molecular weight is 631 g/mol. The maximum Gasteiger partial charge on any atom is 0.343 e. The van der Waals surface area contributed by atoms with Gasteiger partial charge >= 0.3 is 5.69 Å². The lowest BCUT2D eigenvalue weighted by Gasteiger charge is -2.41. The smallest absolute Gasteiger partial charge is 0.343 e. The summed E-state index contributed by atoms with van der Waals surface area (Å²) in [6.07, 6.45) is 3.11. The summed E-state index contributed by atoms with van der Waals surface area (Å²) in [5, 5.41) is 14.9. The van der Waals surface area contributed by atoms with Crippen LogP contribution in [0.5, 0.6) is 5.75 Å². The number of aromatic nitrogens is 3. The second kappa shape index (κ2) is 14.1. The van der Waals surface area contributed by atoms with Gasteiger partial charge < -0.3 is 24.4 Å². The lowest BCUT2D eigenvalue weighted by molar-refractivity contribution is -0.145. The minimum atomic E-state index is -0.745. The number of carbonyl (C=O) groups is 1. The molecule has 0 saturated carbocycles. The number of amides is 1. The number of aromatic hydroxyl groups is 1. The molecule has 3 aliphatic heterocycles. The van der Waals surface area contributed by atoms with Crippen LogP contribution in [0.2, 0.25) is 0 Å². The van der Waals surface area contributed by atoms with Gasteiger partial charge in [0.2, 0.25) is 0 Å². The highest BCUT2D eigenvalue weighted by Crippen LogP contribution is 2.28. The van der Waals surface area contributed by atoms with Crippen molar-refractivity contribution in [2.45, 2.75) is 64.1 Å². The maximum atomic E-state index is 14.0. The van der Waals surface area contributed by atoms with E-state index in [9.17, 15) is 14.7 Å². The lowest BCUT2D eigenvalue weighted by atomic mass is 10.00. The molecule has 0 unspecified atom stereocenters. The van der Waals surface area contributed by atoms with E-state index in [0.29, 0.717) is 63.2 Å². The zero-order valence-corrected chi connectivity index (χ0v) is 27.0. The molecule has 0 radical (unpaired) electrons. The first kappa shape index (κ1) is 31.9. The largest absolute Gasteiger partial charge is 0.507 e. The van der Waals surface area contributed by atoms with Gasteiger partial charge in [-0.15, -0.1) is 5.10 Å². The van der Waals surface area contributed by atoms with Crippen molar-refractivity contribution >= 4 is 5.91 Å². The number of likely N-dealkylation sites (tertiary alicyclic amines) is 1. The first-order valence-electron chi connectivity index (χ1n) is 16.5. The number of ether oxygens (including phenoxy) is 2. The van der Waals surface area contributed by atoms with Gasteiger partial charge in [-0.05, 0) is 62.8 Å². The SMILES string of the molecule is C=C(O[C@H](Cc1cc(C)c(O)c(C)c1)C(=O)N1CCN(C2CCOCC2)CC1)N1CCC(n2nc(-c3ccccc3)[nH]c2=O)CC1. The second-order valence-corrected chi connectivity index (χ2v) is 12.8. The van der Waals surface area contributed by atoms with Gasteiger partial charge in [0.25, 0.3) is 5.91 Å². The maximum absolute atomic E-state index is 14.0. The van der Waals surface area contributed by atoms with Crippen LogP contribution in [0.3, 0.4) is 0 Å². The van der Waals surface area contributed by atoms with Gasteiger partial charge in [-0.3, -0.25) is 14.7 Å². The molecule has 46 heavy (non-hydrogen) atoms. The standard InChI is InChI=1S/C35H46N6O5/c1-24-21-27(22-25(2)32(24)42)23-31(34(43)40-17-15-39(16-18-40)29-11-19-45-20-12-29)46-26(3)38-13-9-30(10-14-38)41-35(44)36-33(37-41)28-7-5-4-6-8-28/h4-8,21-22,29-31,42H,3,9-20,23H2,1-2H3,(H,36,37,44)/t31-/m1/s1. The van der Waals surface area contributed by atoms with E-state index in [1.807, 2.05) is 61.2 Å². The minimum Gasteiger partial charge on any atom is -0.507 e. The molecule has 0 spiro atoms.